The summed E-state index contributed by atoms with van der Waals surface area (Å²) in [4.78, 5) is 2.38. The van der Waals surface area contributed by atoms with E-state index < -0.39 is 0 Å². The van der Waals surface area contributed by atoms with Crippen molar-refractivity contribution in [1.29, 1.82) is 0 Å². The van der Waals surface area contributed by atoms with Gasteiger partial charge in [-0.15, -0.1) is 0 Å². The van der Waals surface area contributed by atoms with Crippen molar-refractivity contribution < 1.29 is 4.52 Å². The molecule has 1 aliphatic heterocycles. The third-order valence-electron chi connectivity index (χ3n) is 2.44. The maximum Gasteiger partial charge on any atom is 0.124 e. The molecule has 0 atom stereocenters. The first-order valence-corrected chi connectivity index (χ1v) is 4.63. The van der Waals surface area contributed by atoms with Crippen molar-refractivity contribution >= 4 is 0 Å². The van der Waals surface area contributed by atoms with Gasteiger partial charge in [0.15, 0.2) is 0 Å². The third kappa shape index (κ3) is 2.18. The molecule has 0 aromatic carbocycles. The van der Waals surface area contributed by atoms with Crippen LogP contribution in [0, 0.1) is 0 Å². The smallest absolute Gasteiger partial charge is 0.124 e. The normalized spacial score (nSPS) is 19.2. The molecule has 0 saturated carbocycles. The molecule has 2 heterocycles. The highest BCUT2D eigenvalue weighted by atomic mass is 16.5. The van der Waals surface area contributed by atoms with Crippen molar-refractivity contribution in [3.8, 4) is 0 Å². The van der Waals surface area contributed by atoms with Crippen LogP contribution < -0.4 is 0 Å². The van der Waals surface area contributed by atoms with E-state index in [0.29, 0.717) is 0 Å². The second kappa shape index (κ2) is 3.75. The van der Waals surface area contributed by atoms with Gasteiger partial charge < -0.3 is 4.52 Å². The third-order valence-corrected chi connectivity index (χ3v) is 2.44. The lowest BCUT2D eigenvalue weighted by Gasteiger charge is -2.26. The summed E-state index contributed by atoms with van der Waals surface area (Å²) >= 11 is 0. The molecule has 0 aliphatic carbocycles. The molecule has 0 radical (unpaired) electrons. The molecule has 1 aromatic rings. The van der Waals surface area contributed by atoms with E-state index in [1.54, 1.807) is 6.26 Å². The van der Waals surface area contributed by atoms with E-state index in [2.05, 4.69) is 16.6 Å². The van der Waals surface area contributed by atoms with Crippen LogP contribution in [-0.4, -0.2) is 23.1 Å². The number of hydrogen-bond acceptors (Lipinski definition) is 3. The van der Waals surface area contributed by atoms with Gasteiger partial charge in [0, 0.05) is 25.7 Å². The Bertz CT molecular complexity index is 269. The van der Waals surface area contributed by atoms with Crippen molar-refractivity contribution in [2.24, 2.45) is 0 Å². The average molecular weight is 178 g/mol. The zero-order valence-corrected chi connectivity index (χ0v) is 7.70. The van der Waals surface area contributed by atoms with Gasteiger partial charge >= 0.3 is 0 Å². The predicted molar refractivity (Wildman–Crippen MR) is 50.2 cm³/mol. The quantitative estimate of drug-likeness (QED) is 0.647. The van der Waals surface area contributed by atoms with Crippen molar-refractivity contribution in [2.45, 2.75) is 19.4 Å². The molecule has 70 valence electrons. The Labute approximate surface area is 78.0 Å². The van der Waals surface area contributed by atoms with Crippen molar-refractivity contribution in [3.05, 3.63) is 30.2 Å². The fourth-order valence-corrected chi connectivity index (χ4v) is 1.58. The standard InChI is InChI=1S/C10H14N2O/c1-9-2-5-12(6-3-9)8-10-4-7-13-11-10/h4,7H,1-3,5-6,8H2. The van der Waals surface area contributed by atoms with Crippen LogP contribution in [0.3, 0.4) is 0 Å². The summed E-state index contributed by atoms with van der Waals surface area (Å²) in [5.74, 6) is 0. The number of likely N-dealkylation sites (tertiary alicyclic amines) is 1. The van der Waals surface area contributed by atoms with E-state index >= 15 is 0 Å². The van der Waals surface area contributed by atoms with E-state index in [4.69, 9.17) is 4.52 Å². The van der Waals surface area contributed by atoms with Gasteiger partial charge in [-0.1, -0.05) is 17.3 Å². The van der Waals surface area contributed by atoms with E-state index in [0.717, 1.165) is 38.2 Å². The van der Waals surface area contributed by atoms with Gasteiger partial charge in [-0.05, 0) is 12.8 Å². The molecule has 0 spiro atoms. The highest BCUT2D eigenvalue weighted by Gasteiger charge is 2.13. The van der Waals surface area contributed by atoms with E-state index in [9.17, 15) is 0 Å². The van der Waals surface area contributed by atoms with Crippen LogP contribution in [0.5, 0.6) is 0 Å². The summed E-state index contributed by atoms with van der Waals surface area (Å²) in [7, 11) is 0. The zero-order chi connectivity index (χ0) is 9.10. The molecule has 13 heavy (non-hydrogen) atoms. The Kier molecular flexibility index (Phi) is 2.45. The first-order valence-electron chi connectivity index (χ1n) is 4.63. The first kappa shape index (κ1) is 8.51. The Hall–Kier alpha value is -1.09. The fraction of sp³-hybridized carbons (Fsp3) is 0.500. The SMILES string of the molecule is C=C1CCN(Cc2ccon2)CC1. The van der Waals surface area contributed by atoms with Crippen molar-refractivity contribution in [3.63, 3.8) is 0 Å². The summed E-state index contributed by atoms with van der Waals surface area (Å²) < 4.78 is 4.78. The molecule has 1 aliphatic rings. The lowest BCUT2D eigenvalue weighted by atomic mass is 10.1. The van der Waals surface area contributed by atoms with Gasteiger partial charge in [-0.25, -0.2) is 0 Å². The Morgan fingerprint density at radius 3 is 2.85 bits per heavy atom. The number of hydrogen-bond donors (Lipinski definition) is 0. The first-order chi connectivity index (χ1) is 6.34. The van der Waals surface area contributed by atoms with E-state index in [1.807, 2.05) is 6.07 Å². The van der Waals surface area contributed by atoms with Gasteiger partial charge in [0.2, 0.25) is 0 Å². The minimum absolute atomic E-state index is 0.907. The van der Waals surface area contributed by atoms with Crippen molar-refractivity contribution in [2.75, 3.05) is 13.1 Å². The molecule has 1 fully saturated rings. The zero-order valence-electron chi connectivity index (χ0n) is 7.70. The van der Waals surface area contributed by atoms with Gasteiger partial charge in [-0.3, -0.25) is 4.90 Å². The van der Waals surface area contributed by atoms with Crippen LogP contribution in [-0.2, 0) is 6.54 Å². The minimum Gasteiger partial charge on any atom is -0.364 e. The fourth-order valence-electron chi connectivity index (χ4n) is 1.58. The second-order valence-electron chi connectivity index (χ2n) is 3.52. The van der Waals surface area contributed by atoms with Gasteiger partial charge in [0.25, 0.3) is 0 Å². The molecule has 2 rings (SSSR count). The van der Waals surface area contributed by atoms with Crippen LogP contribution >= 0.6 is 0 Å². The molecule has 0 bridgehead atoms. The lowest BCUT2D eigenvalue weighted by Crippen LogP contribution is -2.30. The minimum atomic E-state index is 0.907. The highest BCUT2D eigenvalue weighted by molar-refractivity contribution is 5.01. The summed E-state index contributed by atoms with van der Waals surface area (Å²) in [6.45, 7) is 7.10. The summed E-state index contributed by atoms with van der Waals surface area (Å²) in [5.41, 5.74) is 2.39. The van der Waals surface area contributed by atoms with Crippen LogP contribution in [0.4, 0.5) is 0 Å². The summed E-state index contributed by atoms with van der Waals surface area (Å²) in [6, 6.07) is 1.92. The molecule has 0 N–H and O–H groups in total. The molecule has 0 amide bonds. The molecule has 1 saturated heterocycles. The maximum atomic E-state index is 4.78. The summed E-state index contributed by atoms with van der Waals surface area (Å²) in [5, 5.41) is 3.89. The monoisotopic (exact) mass is 178 g/mol. The topological polar surface area (TPSA) is 29.3 Å². The molecule has 0 unspecified atom stereocenters. The molecule has 3 nitrogen and oxygen atoms in total. The lowest BCUT2D eigenvalue weighted by molar-refractivity contribution is 0.241. The predicted octanol–water partition coefficient (Wildman–Crippen LogP) is 1.83. The molecular formula is C10H14N2O. The largest absolute Gasteiger partial charge is 0.364 e. The molecule has 1 aromatic heterocycles. The van der Waals surface area contributed by atoms with Gasteiger partial charge in [0.1, 0.15) is 6.26 Å². The molecular weight excluding hydrogens is 164 g/mol. The van der Waals surface area contributed by atoms with E-state index in [-0.39, 0.29) is 0 Å². The number of piperidine rings is 1. The van der Waals surface area contributed by atoms with Crippen molar-refractivity contribution in [1.82, 2.24) is 10.1 Å². The Morgan fingerprint density at radius 1 is 1.46 bits per heavy atom. The van der Waals surface area contributed by atoms with E-state index in [1.165, 1.54) is 5.57 Å². The number of rotatable bonds is 2. The van der Waals surface area contributed by atoms with Crippen LogP contribution in [0.25, 0.3) is 0 Å². The number of aromatic nitrogens is 1. The Morgan fingerprint density at radius 2 is 2.23 bits per heavy atom. The van der Waals surface area contributed by atoms with Crippen LogP contribution in [0.15, 0.2) is 29.0 Å². The van der Waals surface area contributed by atoms with Gasteiger partial charge in [-0.2, -0.15) is 0 Å². The molecule has 3 heteroatoms. The second-order valence-corrected chi connectivity index (χ2v) is 3.52. The number of nitrogens with zero attached hydrogens (tertiary/aromatic N) is 2. The highest BCUT2D eigenvalue weighted by Crippen LogP contribution is 2.15. The average Bonchev–Trinajstić information content (AvgIpc) is 2.62. The van der Waals surface area contributed by atoms with Crippen LogP contribution in [0.1, 0.15) is 18.5 Å². The Balaban J connectivity index is 1.86. The van der Waals surface area contributed by atoms with Crippen LogP contribution in [0.2, 0.25) is 0 Å². The van der Waals surface area contributed by atoms with Gasteiger partial charge in [0.05, 0.1) is 5.69 Å². The maximum absolute atomic E-state index is 4.78. The summed E-state index contributed by atoms with van der Waals surface area (Å²) in [6.07, 6.45) is 3.87.